The largest absolute Gasteiger partial charge is 0.504 e. The third kappa shape index (κ3) is 5.76. The minimum atomic E-state index is -0.481. The number of hydrogen-bond donors (Lipinski definition) is 1. The maximum Gasteiger partial charge on any atom is 0.330 e. The van der Waals surface area contributed by atoms with E-state index < -0.39 is 5.97 Å². The van der Waals surface area contributed by atoms with Crippen LogP contribution in [0.4, 0.5) is 0 Å². The van der Waals surface area contributed by atoms with Crippen LogP contribution in [0, 0.1) is 0 Å². The Morgan fingerprint density at radius 2 is 1.72 bits per heavy atom. The molecule has 0 saturated heterocycles. The van der Waals surface area contributed by atoms with Gasteiger partial charge in [-0.15, -0.1) is 0 Å². The lowest BCUT2D eigenvalue weighted by Gasteiger charge is -2.07. The molecule has 0 spiro atoms. The Kier molecular flexibility index (Phi) is 6.71. The van der Waals surface area contributed by atoms with Crippen molar-refractivity contribution in [2.45, 2.75) is 0 Å². The van der Waals surface area contributed by atoms with Gasteiger partial charge >= 0.3 is 5.97 Å². The van der Waals surface area contributed by atoms with E-state index >= 15 is 0 Å². The highest BCUT2D eigenvalue weighted by molar-refractivity contribution is 5.87. The van der Waals surface area contributed by atoms with Crippen LogP contribution in [0.2, 0.25) is 0 Å². The van der Waals surface area contributed by atoms with Gasteiger partial charge in [-0.3, -0.25) is 0 Å². The fourth-order valence-corrected chi connectivity index (χ4v) is 1.98. The smallest absolute Gasteiger partial charge is 0.330 e. The zero-order valence-electron chi connectivity index (χ0n) is 14.1. The van der Waals surface area contributed by atoms with Crippen molar-refractivity contribution in [3.05, 3.63) is 54.1 Å². The summed E-state index contributed by atoms with van der Waals surface area (Å²) < 4.78 is 20.6. The molecule has 0 bridgehead atoms. The number of methoxy groups -OCH3 is 2. The van der Waals surface area contributed by atoms with E-state index in [0.717, 1.165) is 5.75 Å². The van der Waals surface area contributed by atoms with Gasteiger partial charge in [-0.2, -0.15) is 0 Å². The van der Waals surface area contributed by atoms with Gasteiger partial charge in [0.05, 0.1) is 14.2 Å². The summed E-state index contributed by atoms with van der Waals surface area (Å²) in [5.74, 6) is 1.31. The van der Waals surface area contributed by atoms with E-state index in [-0.39, 0.29) is 19.0 Å². The van der Waals surface area contributed by atoms with Crippen LogP contribution in [0.5, 0.6) is 23.0 Å². The summed E-state index contributed by atoms with van der Waals surface area (Å²) in [7, 11) is 3.05. The summed E-state index contributed by atoms with van der Waals surface area (Å²) in [5.41, 5.74) is 0.709. The van der Waals surface area contributed by atoms with Crippen LogP contribution in [-0.4, -0.2) is 38.5 Å². The van der Waals surface area contributed by atoms with E-state index in [0.29, 0.717) is 17.1 Å². The molecule has 0 radical (unpaired) electrons. The summed E-state index contributed by atoms with van der Waals surface area (Å²) in [4.78, 5) is 11.7. The topological polar surface area (TPSA) is 74.2 Å². The Balaban J connectivity index is 1.74. The highest BCUT2D eigenvalue weighted by atomic mass is 16.6. The van der Waals surface area contributed by atoms with E-state index in [9.17, 15) is 9.90 Å². The van der Waals surface area contributed by atoms with Crippen LogP contribution in [0.3, 0.4) is 0 Å². The number of carbonyl (C=O) groups is 1. The normalized spacial score (nSPS) is 10.5. The molecule has 2 rings (SSSR count). The average molecular weight is 344 g/mol. The van der Waals surface area contributed by atoms with Crippen LogP contribution in [0.15, 0.2) is 48.5 Å². The maximum atomic E-state index is 11.7. The molecule has 0 aliphatic heterocycles. The number of aromatic hydroxyl groups is 1. The Labute approximate surface area is 146 Å². The lowest BCUT2D eigenvalue weighted by molar-refractivity contribution is -0.138. The highest BCUT2D eigenvalue weighted by Gasteiger charge is 2.02. The molecule has 2 aromatic carbocycles. The number of phenolic OH excluding ortho intramolecular Hbond substituents is 1. The fraction of sp³-hybridized carbons (Fsp3) is 0.211. The van der Waals surface area contributed by atoms with Crippen molar-refractivity contribution in [3.8, 4) is 23.0 Å². The molecule has 2 aromatic rings. The van der Waals surface area contributed by atoms with Crippen LogP contribution >= 0.6 is 0 Å². The molecule has 25 heavy (non-hydrogen) atoms. The zero-order valence-corrected chi connectivity index (χ0v) is 14.1. The molecule has 6 nitrogen and oxygen atoms in total. The second kappa shape index (κ2) is 9.22. The third-order valence-corrected chi connectivity index (χ3v) is 3.27. The predicted octanol–water partition coefficient (Wildman–Crippen LogP) is 3.04. The molecule has 0 atom stereocenters. The SMILES string of the molecule is COc1ccc(OCCOC(=O)C=Cc2ccc(O)c(OC)c2)cc1. The molecule has 0 aliphatic rings. The summed E-state index contributed by atoms with van der Waals surface area (Å²) in [6.45, 7) is 0.382. The summed E-state index contributed by atoms with van der Waals surface area (Å²) >= 11 is 0. The Morgan fingerprint density at radius 1 is 1.00 bits per heavy atom. The zero-order chi connectivity index (χ0) is 18.1. The van der Waals surface area contributed by atoms with Gasteiger partial charge in [0.1, 0.15) is 24.7 Å². The number of carbonyl (C=O) groups excluding carboxylic acids is 1. The Bertz CT molecular complexity index is 721. The first-order valence-electron chi connectivity index (χ1n) is 7.61. The molecule has 0 aliphatic carbocycles. The molecule has 0 amide bonds. The summed E-state index contributed by atoms with van der Waals surface area (Å²) in [6.07, 6.45) is 2.88. The summed E-state index contributed by atoms with van der Waals surface area (Å²) in [5, 5.41) is 9.52. The Hall–Kier alpha value is -3.15. The van der Waals surface area contributed by atoms with Crippen molar-refractivity contribution >= 4 is 12.0 Å². The minimum absolute atomic E-state index is 0.0397. The molecule has 0 fully saturated rings. The van der Waals surface area contributed by atoms with Gasteiger partial charge in [0.15, 0.2) is 11.5 Å². The third-order valence-electron chi connectivity index (χ3n) is 3.27. The van der Waals surface area contributed by atoms with Crippen molar-refractivity contribution < 1.29 is 28.8 Å². The van der Waals surface area contributed by atoms with Crippen LogP contribution in [-0.2, 0) is 9.53 Å². The van der Waals surface area contributed by atoms with Gasteiger partial charge in [-0.1, -0.05) is 6.07 Å². The van der Waals surface area contributed by atoms with E-state index in [4.69, 9.17) is 18.9 Å². The van der Waals surface area contributed by atoms with Gasteiger partial charge in [0.2, 0.25) is 0 Å². The molecular weight excluding hydrogens is 324 g/mol. The maximum absolute atomic E-state index is 11.7. The number of esters is 1. The molecular formula is C19H20O6. The molecule has 0 unspecified atom stereocenters. The second-order valence-corrected chi connectivity index (χ2v) is 4.96. The van der Waals surface area contributed by atoms with E-state index in [1.165, 1.54) is 19.3 Å². The van der Waals surface area contributed by atoms with Gasteiger partial charge in [0.25, 0.3) is 0 Å². The molecule has 132 valence electrons. The quantitative estimate of drug-likeness (QED) is 0.451. The first-order valence-corrected chi connectivity index (χ1v) is 7.61. The molecule has 0 heterocycles. The number of phenols is 1. The van der Waals surface area contributed by atoms with Crippen molar-refractivity contribution in [1.29, 1.82) is 0 Å². The lowest BCUT2D eigenvalue weighted by atomic mass is 10.2. The Morgan fingerprint density at radius 3 is 2.40 bits per heavy atom. The van der Waals surface area contributed by atoms with Crippen molar-refractivity contribution in [2.75, 3.05) is 27.4 Å². The number of benzene rings is 2. The lowest BCUT2D eigenvalue weighted by Crippen LogP contribution is -2.10. The van der Waals surface area contributed by atoms with Crippen molar-refractivity contribution in [1.82, 2.24) is 0 Å². The van der Waals surface area contributed by atoms with Crippen molar-refractivity contribution in [3.63, 3.8) is 0 Å². The number of ether oxygens (including phenoxy) is 4. The van der Waals surface area contributed by atoms with E-state index in [2.05, 4.69) is 0 Å². The molecule has 0 aromatic heterocycles. The van der Waals surface area contributed by atoms with E-state index in [1.807, 2.05) is 0 Å². The van der Waals surface area contributed by atoms with Gasteiger partial charge in [0, 0.05) is 6.08 Å². The molecule has 6 heteroatoms. The number of rotatable bonds is 8. The van der Waals surface area contributed by atoms with E-state index in [1.54, 1.807) is 49.6 Å². The highest BCUT2D eigenvalue weighted by Crippen LogP contribution is 2.26. The second-order valence-electron chi connectivity index (χ2n) is 4.96. The van der Waals surface area contributed by atoms with Crippen LogP contribution in [0.1, 0.15) is 5.56 Å². The summed E-state index contributed by atoms with van der Waals surface area (Å²) in [6, 6.07) is 11.9. The van der Waals surface area contributed by atoms with Gasteiger partial charge in [-0.25, -0.2) is 4.79 Å². The average Bonchev–Trinajstić information content (AvgIpc) is 2.65. The minimum Gasteiger partial charge on any atom is -0.504 e. The van der Waals surface area contributed by atoms with Crippen molar-refractivity contribution in [2.24, 2.45) is 0 Å². The van der Waals surface area contributed by atoms with Crippen LogP contribution < -0.4 is 14.2 Å². The first kappa shape index (κ1) is 18.2. The monoisotopic (exact) mass is 344 g/mol. The van der Waals surface area contributed by atoms with Gasteiger partial charge in [-0.05, 0) is 48.0 Å². The standard InChI is InChI=1S/C19H20O6/c1-22-15-5-7-16(8-6-15)24-11-12-25-19(21)10-4-14-3-9-17(20)18(13-14)23-2/h3-10,13,20H,11-12H2,1-2H3. The first-order chi connectivity index (χ1) is 12.1. The fourth-order valence-electron chi connectivity index (χ4n) is 1.98. The van der Waals surface area contributed by atoms with Gasteiger partial charge < -0.3 is 24.1 Å². The number of hydrogen-bond acceptors (Lipinski definition) is 6. The van der Waals surface area contributed by atoms with Crippen LogP contribution in [0.25, 0.3) is 6.08 Å². The predicted molar refractivity (Wildman–Crippen MR) is 93.1 cm³/mol. The molecule has 1 N–H and O–H groups in total. The molecule has 0 saturated carbocycles.